The molecule has 2 aromatic rings. The van der Waals surface area contributed by atoms with E-state index in [-0.39, 0.29) is 6.61 Å². The zero-order valence-corrected chi connectivity index (χ0v) is 13.7. The number of aromatic nitrogens is 1. The highest BCUT2D eigenvalue weighted by molar-refractivity contribution is 9.10. The fourth-order valence-electron chi connectivity index (χ4n) is 1.37. The Hall–Kier alpha value is -1.25. The molecule has 0 unspecified atom stereocenters. The lowest BCUT2D eigenvalue weighted by molar-refractivity contribution is 0.150. The van der Waals surface area contributed by atoms with E-state index in [0.29, 0.717) is 5.01 Å². The fraction of sp³-hybridized carbons (Fsp3) is 0.167. The van der Waals surface area contributed by atoms with E-state index in [0.717, 1.165) is 19.3 Å². The Kier molecular flexibility index (Phi) is 5.27. The topological polar surface area (TPSA) is 74.4 Å². The van der Waals surface area contributed by atoms with Crippen LogP contribution in [0.15, 0.2) is 38.0 Å². The number of rotatable bonds is 5. The van der Waals surface area contributed by atoms with E-state index in [2.05, 4.69) is 20.9 Å². The summed E-state index contributed by atoms with van der Waals surface area (Å²) in [6.07, 6.45) is 0.939. The lowest BCUT2D eigenvalue weighted by Gasteiger charge is -2.04. The molecule has 106 valence electrons. The Morgan fingerprint density at radius 3 is 3.00 bits per heavy atom. The van der Waals surface area contributed by atoms with Crippen molar-refractivity contribution in [3.05, 3.63) is 33.9 Å². The van der Waals surface area contributed by atoms with Gasteiger partial charge in [0.25, 0.3) is 0 Å². The van der Waals surface area contributed by atoms with Crippen LogP contribution in [0.1, 0.15) is 5.01 Å². The summed E-state index contributed by atoms with van der Waals surface area (Å²) in [5, 5.41) is 0.702. The Morgan fingerprint density at radius 2 is 2.30 bits per heavy atom. The predicted octanol–water partition coefficient (Wildman–Crippen LogP) is 3.66. The Labute approximate surface area is 132 Å². The normalized spacial score (nSPS) is 10.3. The summed E-state index contributed by atoms with van der Waals surface area (Å²) < 4.78 is 11.9. The highest BCUT2D eigenvalue weighted by Gasteiger charge is 2.07. The molecule has 0 saturated carbocycles. The van der Waals surface area contributed by atoms with E-state index in [4.69, 9.17) is 15.2 Å². The molecule has 2 N–H and O–H groups in total. The van der Waals surface area contributed by atoms with Crippen molar-refractivity contribution in [2.45, 2.75) is 15.7 Å². The monoisotopic (exact) mass is 374 g/mol. The van der Waals surface area contributed by atoms with Crippen LogP contribution in [-0.4, -0.2) is 18.2 Å². The van der Waals surface area contributed by atoms with E-state index < -0.39 is 6.09 Å². The second-order valence-electron chi connectivity index (χ2n) is 3.61. The maximum Gasteiger partial charge on any atom is 0.404 e. The average Bonchev–Trinajstić information content (AvgIpc) is 2.83. The maximum atomic E-state index is 10.5. The molecule has 0 atom stereocenters. The summed E-state index contributed by atoms with van der Waals surface area (Å²) in [7, 11) is 1.63. The van der Waals surface area contributed by atoms with Gasteiger partial charge in [-0.1, -0.05) is 27.7 Å². The molecule has 0 spiro atoms. The van der Waals surface area contributed by atoms with E-state index in [1.54, 1.807) is 25.1 Å². The van der Waals surface area contributed by atoms with Gasteiger partial charge in [0.05, 0.1) is 17.5 Å². The van der Waals surface area contributed by atoms with Crippen molar-refractivity contribution >= 4 is 45.1 Å². The highest BCUT2D eigenvalue weighted by atomic mass is 79.9. The Morgan fingerprint density at radius 1 is 1.50 bits per heavy atom. The number of carbonyl (C=O) groups excluding carboxylic acids is 1. The molecule has 1 aromatic carbocycles. The first-order valence-electron chi connectivity index (χ1n) is 5.46. The smallest absolute Gasteiger partial charge is 0.404 e. The summed E-state index contributed by atoms with van der Waals surface area (Å²) in [4.78, 5) is 15.7. The van der Waals surface area contributed by atoms with E-state index in [1.165, 1.54) is 11.3 Å². The van der Waals surface area contributed by atoms with Gasteiger partial charge in [-0.2, -0.15) is 0 Å². The first-order chi connectivity index (χ1) is 9.56. The summed E-state index contributed by atoms with van der Waals surface area (Å²) in [6.45, 7) is 0.0996. The number of methoxy groups -OCH3 is 1. The standard InChI is InChI=1S/C12H11BrN2O3S2/c1-17-8-2-7(13)3-9(4-8)19-11-5-15-10(20-11)6-18-12(14)16/h2-5H,6H2,1H3,(H2,14,16). The number of amides is 1. The second kappa shape index (κ2) is 6.96. The molecule has 5 nitrogen and oxygen atoms in total. The minimum Gasteiger partial charge on any atom is -0.497 e. The first kappa shape index (κ1) is 15.1. The second-order valence-corrected chi connectivity index (χ2v) is 7.01. The van der Waals surface area contributed by atoms with Gasteiger partial charge in [-0.15, -0.1) is 11.3 Å². The van der Waals surface area contributed by atoms with Gasteiger partial charge < -0.3 is 15.2 Å². The van der Waals surface area contributed by atoms with Crippen molar-refractivity contribution in [3.63, 3.8) is 0 Å². The van der Waals surface area contributed by atoms with Crippen molar-refractivity contribution in [1.82, 2.24) is 4.98 Å². The number of nitrogens with two attached hydrogens (primary N) is 1. The van der Waals surface area contributed by atoms with Crippen molar-refractivity contribution in [2.24, 2.45) is 5.73 Å². The minimum absolute atomic E-state index is 0.0996. The van der Waals surface area contributed by atoms with Gasteiger partial charge in [0.2, 0.25) is 0 Å². The summed E-state index contributed by atoms with van der Waals surface area (Å²) in [6, 6.07) is 5.82. The van der Waals surface area contributed by atoms with Crippen LogP contribution in [0.5, 0.6) is 5.75 Å². The Bertz CT molecular complexity index is 618. The Balaban J connectivity index is 2.06. The van der Waals surface area contributed by atoms with Crippen LogP contribution in [0.2, 0.25) is 0 Å². The molecule has 0 bridgehead atoms. The molecule has 20 heavy (non-hydrogen) atoms. The summed E-state index contributed by atoms with van der Waals surface area (Å²) in [5.41, 5.74) is 4.91. The molecule has 0 fully saturated rings. The molecule has 1 amide bonds. The zero-order valence-electron chi connectivity index (χ0n) is 10.5. The number of hydrogen-bond donors (Lipinski definition) is 1. The third kappa shape index (κ3) is 4.39. The highest BCUT2D eigenvalue weighted by Crippen LogP contribution is 2.35. The molecule has 0 radical (unpaired) electrons. The third-order valence-electron chi connectivity index (χ3n) is 2.17. The zero-order chi connectivity index (χ0) is 14.5. The van der Waals surface area contributed by atoms with Gasteiger partial charge in [0.15, 0.2) is 0 Å². The number of hydrogen-bond acceptors (Lipinski definition) is 6. The first-order valence-corrected chi connectivity index (χ1v) is 7.89. The number of carbonyl (C=O) groups is 1. The summed E-state index contributed by atoms with van der Waals surface area (Å²) >= 11 is 6.45. The third-order valence-corrected chi connectivity index (χ3v) is 4.67. The van der Waals surface area contributed by atoms with Crippen LogP contribution in [0.25, 0.3) is 0 Å². The predicted molar refractivity (Wildman–Crippen MR) is 81.3 cm³/mol. The van der Waals surface area contributed by atoms with Crippen LogP contribution in [0.4, 0.5) is 4.79 Å². The number of benzene rings is 1. The van der Waals surface area contributed by atoms with Gasteiger partial charge in [0, 0.05) is 9.37 Å². The lowest BCUT2D eigenvalue weighted by atomic mass is 10.3. The van der Waals surface area contributed by atoms with Gasteiger partial charge in [-0.3, -0.25) is 0 Å². The molecule has 0 aliphatic carbocycles. The van der Waals surface area contributed by atoms with Gasteiger partial charge in [0.1, 0.15) is 17.4 Å². The minimum atomic E-state index is -0.800. The molecule has 1 aromatic heterocycles. The number of nitrogens with zero attached hydrogens (tertiary/aromatic N) is 1. The van der Waals surface area contributed by atoms with E-state index in [9.17, 15) is 4.79 Å². The van der Waals surface area contributed by atoms with Crippen LogP contribution < -0.4 is 10.5 Å². The molecule has 8 heteroatoms. The van der Waals surface area contributed by atoms with E-state index in [1.807, 2.05) is 18.2 Å². The van der Waals surface area contributed by atoms with Gasteiger partial charge >= 0.3 is 6.09 Å². The number of primary amides is 1. The molecular formula is C12H11BrN2O3S2. The number of ether oxygens (including phenoxy) is 2. The molecule has 0 aliphatic rings. The van der Waals surface area contributed by atoms with E-state index >= 15 is 0 Å². The molecular weight excluding hydrogens is 364 g/mol. The van der Waals surface area contributed by atoms with Crippen LogP contribution in [0.3, 0.4) is 0 Å². The van der Waals surface area contributed by atoms with Crippen molar-refractivity contribution in [3.8, 4) is 5.75 Å². The summed E-state index contributed by atoms with van der Waals surface area (Å²) in [5.74, 6) is 0.781. The SMILES string of the molecule is COc1cc(Br)cc(Sc2cnc(COC(N)=O)s2)c1. The molecule has 0 aliphatic heterocycles. The van der Waals surface area contributed by atoms with Crippen LogP contribution in [-0.2, 0) is 11.3 Å². The van der Waals surface area contributed by atoms with Crippen LogP contribution in [0, 0.1) is 0 Å². The van der Waals surface area contributed by atoms with Gasteiger partial charge in [-0.05, 0) is 18.2 Å². The molecule has 1 heterocycles. The van der Waals surface area contributed by atoms with Crippen molar-refractivity contribution in [1.29, 1.82) is 0 Å². The molecule has 0 saturated heterocycles. The fourth-order valence-corrected chi connectivity index (χ4v) is 4.00. The lowest BCUT2D eigenvalue weighted by Crippen LogP contribution is -2.12. The largest absolute Gasteiger partial charge is 0.497 e. The number of thiazole rings is 1. The maximum absolute atomic E-state index is 10.5. The molecule has 2 rings (SSSR count). The average molecular weight is 375 g/mol. The van der Waals surface area contributed by atoms with Crippen molar-refractivity contribution in [2.75, 3.05) is 7.11 Å². The van der Waals surface area contributed by atoms with Crippen LogP contribution >= 0.6 is 39.0 Å². The number of halogens is 1. The van der Waals surface area contributed by atoms with Crippen molar-refractivity contribution < 1.29 is 14.3 Å². The van der Waals surface area contributed by atoms with Gasteiger partial charge in [-0.25, -0.2) is 9.78 Å². The quantitative estimate of drug-likeness (QED) is 0.863.